The monoisotopic (exact) mass is 532 g/mol. The van der Waals surface area contributed by atoms with E-state index in [2.05, 4.69) is 32.2 Å². The van der Waals surface area contributed by atoms with Crippen molar-refractivity contribution in [2.24, 2.45) is 4.99 Å². The summed E-state index contributed by atoms with van der Waals surface area (Å²) in [5, 5.41) is 3.54. The molecule has 170 valence electrons. The third-order valence-electron chi connectivity index (χ3n) is 5.54. The summed E-state index contributed by atoms with van der Waals surface area (Å²) in [5.74, 6) is 2.63. The third kappa shape index (κ3) is 6.88. The summed E-state index contributed by atoms with van der Waals surface area (Å²) in [5.41, 5.74) is 1.23. The number of benzene rings is 1. The van der Waals surface area contributed by atoms with Gasteiger partial charge in [-0.2, -0.15) is 0 Å². The average molecular weight is 532 g/mol. The second kappa shape index (κ2) is 13.2. The molecule has 0 bridgehead atoms. The summed E-state index contributed by atoms with van der Waals surface area (Å²) in [6.07, 6.45) is 2.10. The van der Waals surface area contributed by atoms with Crippen molar-refractivity contribution in [2.75, 3.05) is 66.2 Å². The fourth-order valence-electron chi connectivity index (χ4n) is 4.08. The zero-order valence-electron chi connectivity index (χ0n) is 18.6. The molecule has 1 unspecified atom stereocenters. The van der Waals surface area contributed by atoms with Gasteiger partial charge in [0.1, 0.15) is 0 Å². The van der Waals surface area contributed by atoms with Crippen LogP contribution in [0.5, 0.6) is 11.5 Å². The molecule has 2 fully saturated rings. The molecule has 2 aliphatic rings. The Kier molecular flexibility index (Phi) is 11.0. The van der Waals surface area contributed by atoms with Gasteiger partial charge in [-0.3, -0.25) is 9.89 Å². The summed E-state index contributed by atoms with van der Waals surface area (Å²) in [4.78, 5) is 9.45. The fraction of sp³-hybridized carbons (Fsp3) is 0.682. The van der Waals surface area contributed by atoms with Gasteiger partial charge >= 0.3 is 0 Å². The Morgan fingerprint density at radius 3 is 2.57 bits per heavy atom. The molecule has 0 aliphatic carbocycles. The lowest BCUT2D eigenvalue weighted by Crippen LogP contribution is -2.46. The maximum absolute atomic E-state index is 5.74. The molecule has 2 saturated heterocycles. The minimum atomic E-state index is 0. The molecule has 1 aromatic rings. The predicted molar refractivity (Wildman–Crippen MR) is 132 cm³/mol. The molecule has 3 rings (SSSR count). The number of aliphatic imine (C=N–C) groups is 1. The van der Waals surface area contributed by atoms with Gasteiger partial charge in [-0.05, 0) is 44.4 Å². The highest BCUT2D eigenvalue weighted by atomic mass is 127. The van der Waals surface area contributed by atoms with E-state index in [0.717, 1.165) is 69.8 Å². The Morgan fingerprint density at radius 1 is 1.13 bits per heavy atom. The Hall–Kier alpha value is -1.26. The van der Waals surface area contributed by atoms with Gasteiger partial charge in [0, 0.05) is 45.8 Å². The first-order valence-electron chi connectivity index (χ1n) is 10.9. The van der Waals surface area contributed by atoms with Crippen LogP contribution in [0.15, 0.2) is 23.2 Å². The summed E-state index contributed by atoms with van der Waals surface area (Å²) in [7, 11) is 1.87. The lowest BCUT2D eigenvalue weighted by Gasteiger charge is -2.32. The van der Waals surface area contributed by atoms with E-state index in [0.29, 0.717) is 19.3 Å². The lowest BCUT2D eigenvalue weighted by atomic mass is 10.1. The van der Waals surface area contributed by atoms with Crippen molar-refractivity contribution in [1.29, 1.82) is 0 Å². The third-order valence-corrected chi connectivity index (χ3v) is 5.54. The molecule has 1 aromatic carbocycles. The van der Waals surface area contributed by atoms with Crippen molar-refractivity contribution in [2.45, 2.75) is 32.7 Å². The first-order chi connectivity index (χ1) is 14.2. The zero-order chi connectivity index (χ0) is 20.5. The van der Waals surface area contributed by atoms with Crippen molar-refractivity contribution in [3.8, 4) is 11.5 Å². The topological polar surface area (TPSA) is 58.6 Å². The van der Waals surface area contributed by atoms with Crippen LogP contribution < -0.4 is 14.8 Å². The second-order valence-electron chi connectivity index (χ2n) is 7.41. The molecular formula is C22H37IN4O3. The van der Waals surface area contributed by atoms with Crippen LogP contribution in [-0.2, 0) is 11.2 Å². The molecule has 0 saturated carbocycles. The van der Waals surface area contributed by atoms with Crippen molar-refractivity contribution in [3.63, 3.8) is 0 Å². The van der Waals surface area contributed by atoms with Gasteiger partial charge in [0.05, 0.1) is 26.4 Å². The van der Waals surface area contributed by atoms with E-state index in [1.165, 1.54) is 12.0 Å². The van der Waals surface area contributed by atoms with Gasteiger partial charge in [0.25, 0.3) is 0 Å². The van der Waals surface area contributed by atoms with E-state index in [-0.39, 0.29) is 24.0 Å². The number of ether oxygens (including phenoxy) is 3. The SMILES string of the molecule is CCOc1ccc(CCNC(=NC)N2CCC(N3CCOCC3)C2)cc1OCC.I. The summed E-state index contributed by atoms with van der Waals surface area (Å²) < 4.78 is 16.9. The number of nitrogens with one attached hydrogen (secondary N) is 1. The van der Waals surface area contributed by atoms with Gasteiger partial charge in [-0.15, -0.1) is 24.0 Å². The molecule has 0 aromatic heterocycles. The quantitative estimate of drug-likeness (QED) is 0.316. The zero-order valence-corrected chi connectivity index (χ0v) is 20.9. The second-order valence-corrected chi connectivity index (χ2v) is 7.41. The molecule has 0 amide bonds. The highest BCUT2D eigenvalue weighted by molar-refractivity contribution is 14.0. The molecule has 1 N–H and O–H groups in total. The smallest absolute Gasteiger partial charge is 0.193 e. The Bertz CT molecular complexity index is 668. The van der Waals surface area contributed by atoms with Gasteiger partial charge in [-0.25, -0.2) is 0 Å². The highest BCUT2D eigenvalue weighted by Gasteiger charge is 2.30. The fourth-order valence-corrected chi connectivity index (χ4v) is 4.08. The molecule has 8 heteroatoms. The minimum Gasteiger partial charge on any atom is -0.490 e. The van der Waals surface area contributed by atoms with Crippen molar-refractivity contribution in [1.82, 2.24) is 15.1 Å². The number of guanidine groups is 1. The van der Waals surface area contributed by atoms with Crippen molar-refractivity contribution in [3.05, 3.63) is 23.8 Å². The molecule has 2 aliphatic heterocycles. The number of hydrogen-bond donors (Lipinski definition) is 1. The Balaban J connectivity index is 0.00000320. The van der Waals surface area contributed by atoms with Crippen LogP contribution in [0.1, 0.15) is 25.8 Å². The summed E-state index contributed by atoms with van der Waals surface area (Å²) >= 11 is 0. The van der Waals surface area contributed by atoms with Crippen molar-refractivity contribution >= 4 is 29.9 Å². The molecule has 30 heavy (non-hydrogen) atoms. The predicted octanol–water partition coefficient (Wildman–Crippen LogP) is 2.63. The van der Waals surface area contributed by atoms with Gasteiger partial charge in [-0.1, -0.05) is 6.07 Å². The number of nitrogens with zero attached hydrogens (tertiary/aromatic N) is 3. The minimum absolute atomic E-state index is 0. The van der Waals surface area contributed by atoms with E-state index in [1.807, 2.05) is 27.0 Å². The highest BCUT2D eigenvalue weighted by Crippen LogP contribution is 2.28. The van der Waals surface area contributed by atoms with E-state index < -0.39 is 0 Å². The number of likely N-dealkylation sites (tertiary alicyclic amines) is 1. The van der Waals surface area contributed by atoms with Crippen LogP contribution in [0.2, 0.25) is 0 Å². The molecule has 1 atom stereocenters. The van der Waals surface area contributed by atoms with Crippen LogP contribution in [0.4, 0.5) is 0 Å². The molecule has 0 spiro atoms. The maximum Gasteiger partial charge on any atom is 0.193 e. The van der Waals surface area contributed by atoms with Crippen LogP contribution in [0.25, 0.3) is 0 Å². The van der Waals surface area contributed by atoms with E-state index in [1.54, 1.807) is 0 Å². The standard InChI is InChI=1S/C22H36N4O3.HI/c1-4-28-20-7-6-18(16-21(20)29-5-2)8-10-24-22(23-3)26-11-9-19(17-26)25-12-14-27-15-13-25;/h6-7,16,19H,4-5,8-15,17H2,1-3H3,(H,23,24);1H. The Morgan fingerprint density at radius 2 is 1.87 bits per heavy atom. The molecule has 0 radical (unpaired) electrons. The number of morpholine rings is 1. The first-order valence-corrected chi connectivity index (χ1v) is 10.9. The van der Waals surface area contributed by atoms with Crippen LogP contribution in [0, 0.1) is 0 Å². The summed E-state index contributed by atoms with van der Waals surface area (Å²) in [6.45, 7) is 12.0. The van der Waals surface area contributed by atoms with Crippen molar-refractivity contribution < 1.29 is 14.2 Å². The van der Waals surface area contributed by atoms with Gasteiger partial charge in [0.2, 0.25) is 0 Å². The average Bonchev–Trinajstić information content (AvgIpc) is 3.24. The largest absolute Gasteiger partial charge is 0.490 e. The van der Waals surface area contributed by atoms with Gasteiger partial charge in [0.15, 0.2) is 17.5 Å². The van der Waals surface area contributed by atoms with Gasteiger partial charge < -0.3 is 24.4 Å². The first kappa shape index (κ1) is 25.0. The molecular weight excluding hydrogens is 495 g/mol. The summed E-state index contributed by atoms with van der Waals surface area (Å²) in [6, 6.07) is 6.81. The van der Waals surface area contributed by atoms with Crippen LogP contribution >= 0.6 is 24.0 Å². The number of rotatable bonds is 8. The molecule has 7 nitrogen and oxygen atoms in total. The normalized spacial score (nSPS) is 20.0. The van der Waals surface area contributed by atoms with E-state index in [4.69, 9.17) is 14.2 Å². The van der Waals surface area contributed by atoms with E-state index >= 15 is 0 Å². The Labute approximate surface area is 198 Å². The molecule has 2 heterocycles. The lowest BCUT2D eigenvalue weighted by molar-refractivity contribution is 0.0195. The number of halogens is 1. The van der Waals surface area contributed by atoms with Crippen LogP contribution in [-0.4, -0.2) is 88.0 Å². The maximum atomic E-state index is 5.74. The number of hydrogen-bond acceptors (Lipinski definition) is 5. The van der Waals surface area contributed by atoms with Crippen LogP contribution in [0.3, 0.4) is 0 Å². The van der Waals surface area contributed by atoms with E-state index in [9.17, 15) is 0 Å².